The zero-order valence-corrected chi connectivity index (χ0v) is 20.9. The summed E-state index contributed by atoms with van der Waals surface area (Å²) in [4.78, 5) is 27.9. The lowest BCUT2D eigenvalue weighted by Gasteiger charge is -2.29. The molecule has 10 nitrogen and oxygen atoms in total. The number of aliphatic hydroxyl groups is 2. The van der Waals surface area contributed by atoms with Crippen LogP contribution in [0.15, 0.2) is 42.3 Å². The maximum atomic E-state index is 13.4. The van der Waals surface area contributed by atoms with Crippen LogP contribution in [0.4, 0.5) is 5.82 Å². The Kier molecular flexibility index (Phi) is 8.50. The number of amides is 2. The van der Waals surface area contributed by atoms with Gasteiger partial charge in [0.1, 0.15) is 28.3 Å². The standard InChI is InChI=1S/C25H31ClN4O6/c1-35-20-7-4-8-21(24(20)26)36-18-12-23(33)30(14-18)19(11-16-5-2-3-6-16)25(34)27-22-9-10-29(28-22)13-17(32)15-31/h4,7-10,12,16-17,19,31-32H,2-3,5-6,11,13-15H2,1H3,(H,27,28,34)/t17-,19+/m1/s1. The van der Waals surface area contributed by atoms with Crippen LogP contribution in [0.25, 0.3) is 0 Å². The summed E-state index contributed by atoms with van der Waals surface area (Å²) in [5.41, 5.74) is 0. The molecule has 1 saturated carbocycles. The molecule has 2 heterocycles. The Hall–Kier alpha value is -3.08. The van der Waals surface area contributed by atoms with Crippen molar-refractivity contribution in [3.63, 3.8) is 0 Å². The highest BCUT2D eigenvalue weighted by Crippen LogP contribution is 2.36. The van der Waals surface area contributed by atoms with E-state index in [4.69, 9.17) is 26.2 Å². The van der Waals surface area contributed by atoms with E-state index in [1.165, 1.54) is 22.8 Å². The highest BCUT2D eigenvalue weighted by molar-refractivity contribution is 6.33. The highest BCUT2D eigenvalue weighted by atomic mass is 35.5. The first-order valence-electron chi connectivity index (χ1n) is 12.0. The molecule has 36 heavy (non-hydrogen) atoms. The number of carbonyl (C=O) groups is 2. The zero-order chi connectivity index (χ0) is 25.7. The summed E-state index contributed by atoms with van der Waals surface area (Å²) in [5, 5.41) is 26.0. The summed E-state index contributed by atoms with van der Waals surface area (Å²) in [7, 11) is 1.51. The molecule has 4 rings (SSSR count). The number of hydrogen-bond acceptors (Lipinski definition) is 7. The normalized spacial score (nSPS) is 17.7. The molecule has 0 unspecified atom stereocenters. The van der Waals surface area contributed by atoms with Gasteiger partial charge in [-0.05, 0) is 24.5 Å². The molecule has 1 aromatic heterocycles. The van der Waals surface area contributed by atoms with Gasteiger partial charge in [0.2, 0.25) is 5.91 Å². The first-order chi connectivity index (χ1) is 17.4. The van der Waals surface area contributed by atoms with Gasteiger partial charge in [0.25, 0.3) is 5.91 Å². The Morgan fingerprint density at radius 3 is 2.75 bits per heavy atom. The van der Waals surface area contributed by atoms with Gasteiger partial charge in [-0.25, -0.2) is 0 Å². The number of carbonyl (C=O) groups excluding carboxylic acids is 2. The van der Waals surface area contributed by atoms with Crippen molar-refractivity contribution < 1.29 is 29.3 Å². The van der Waals surface area contributed by atoms with Crippen LogP contribution in [-0.4, -0.2) is 69.1 Å². The molecule has 194 valence electrons. The molecule has 0 saturated heterocycles. The van der Waals surface area contributed by atoms with Gasteiger partial charge in [-0.1, -0.05) is 43.4 Å². The third kappa shape index (κ3) is 6.18. The van der Waals surface area contributed by atoms with Crippen molar-refractivity contribution in [2.45, 2.75) is 50.8 Å². The number of hydrogen-bond donors (Lipinski definition) is 3. The maximum absolute atomic E-state index is 13.4. The van der Waals surface area contributed by atoms with E-state index in [-0.39, 0.29) is 31.5 Å². The van der Waals surface area contributed by atoms with Gasteiger partial charge in [0.15, 0.2) is 5.82 Å². The Balaban J connectivity index is 1.47. The molecule has 3 N–H and O–H groups in total. The van der Waals surface area contributed by atoms with Crippen LogP contribution in [0.5, 0.6) is 11.5 Å². The SMILES string of the molecule is COc1cccc(OC2=CC(=O)N([C@@H](CC3CCCC3)C(=O)Nc3ccn(C[C@@H](O)CO)n3)C2)c1Cl. The lowest BCUT2D eigenvalue weighted by atomic mass is 9.96. The van der Waals surface area contributed by atoms with E-state index >= 15 is 0 Å². The van der Waals surface area contributed by atoms with Gasteiger partial charge in [0, 0.05) is 18.3 Å². The number of halogens is 1. The van der Waals surface area contributed by atoms with E-state index in [2.05, 4.69) is 10.4 Å². The molecule has 1 aromatic carbocycles. The third-order valence-corrected chi connectivity index (χ3v) is 6.87. The molecule has 0 spiro atoms. The van der Waals surface area contributed by atoms with E-state index in [0.717, 1.165) is 25.7 Å². The molecule has 2 aliphatic rings. The van der Waals surface area contributed by atoms with E-state index < -0.39 is 12.1 Å². The Labute approximate surface area is 214 Å². The van der Waals surface area contributed by atoms with Gasteiger partial charge < -0.3 is 29.9 Å². The average molecular weight is 519 g/mol. The van der Waals surface area contributed by atoms with E-state index in [1.54, 1.807) is 30.5 Å². The number of anilines is 1. The smallest absolute Gasteiger partial charge is 0.251 e. The van der Waals surface area contributed by atoms with Crippen molar-refractivity contribution in [1.29, 1.82) is 0 Å². The summed E-state index contributed by atoms with van der Waals surface area (Å²) in [6.45, 7) is -0.158. The summed E-state index contributed by atoms with van der Waals surface area (Å²) in [5.74, 6) is 1.23. The van der Waals surface area contributed by atoms with Crippen LogP contribution in [0.2, 0.25) is 5.02 Å². The summed E-state index contributed by atoms with van der Waals surface area (Å²) in [6.07, 6.45) is 6.86. The molecular weight excluding hydrogens is 488 g/mol. The van der Waals surface area contributed by atoms with E-state index in [1.807, 2.05) is 0 Å². The number of aliphatic hydroxyl groups excluding tert-OH is 2. The minimum atomic E-state index is -0.951. The van der Waals surface area contributed by atoms with Crippen molar-refractivity contribution in [1.82, 2.24) is 14.7 Å². The number of nitrogens with one attached hydrogen (secondary N) is 1. The summed E-state index contributed by atoms with van der Waals surface area (Å²) in [6, 6.07) is 6.05. The van der Waals surface area contributed by atoms with Gasteiger partial charge in [-0.2, -0.15) is 5.10 Å². The van der Waals surface area contributed by atoms with Crippen molar-refractivity contribution in [2.24, 2.45) is 5.92 Å². The second-order valence-corrected chi connectivity index (χ2v) is 9.48. The summed E-state index contributed by atoms with van der Waals surface area (Å²) >= 11 is 6.34. The lowest BCUT2D eigenvalue weighted by molar-refractivity contribution is -0.134. The predicted molar refractivity (Wildman–Crippen MR) is 133 cm³/mol. The van der Waals surface area contributed by atoms with Gasteiger partial charge >= 0.3 is 0 Å². The predicted octanol–water partition coefficient (Wildman–Crippen LogP) is 2.59. The lowest BCUT2D eigenvalue weighted by Crippen LogP contribution is -2.46. The van der Waals surface area contributed by atoms with Crippen molar-refractivity contribution in [3.05, 3.63) is 47.3 Å². The monoisotopic (exact) mass is 518 g/mol. The third-order valence-electron chi connectivity index (χ3n) is 6.49. The fraction of sp³-hybridized carbons (Fsp3) is 0.480. The largest absolute Gasteiger partial charge is 0.495 e. The second kappa shape index (κ2) is 11.8. The molecular formula is C25H31ClN4O6. The quantitative estimate of drug-likeness (QED) is 0.417. The molecule has 2 amide bonds. The Morgan fingerprint density at radius 2 is 2.03 bits per heavy atom. The molecule has 2 aromatic rings. The van der Waals surface area contributed by atoms with Gasteiger partial charge in [-0.3, -0.25) is 14.3 Å². The van der Waals surface area contributed by atoms with Gasteiger partial charge in [0.05, 0.1) is 32.9 Å². The van der Waals surface area contributed by atoms with E-state index in [0.29, 0.717) is 40.4 Å². The molecule has 1 fully saturated rings. The van der Waals surface area contributed by atoms with Crippen LogP contribution in [0.3, 0.4) is 0 Å². The molecule has 0 bridgehead atoms. The van der Waals surface area contributed by atoms with Crippen molar-refractivity contribution >= 4 is 29.2 Å². The van der Waals surface area contributed by atoms with Crippen LogP contribution < -0.4 is 14.8 Å². The number of aromatic nitrogens is 2. The number of methoxy groups -OCH3 is 1. The fourth-order valence-corrected chi connectivity index (χ4v) is 4.90. The Bertz CT molecular complexity index is 1110. The molecule has 11 heteroatoms. The zero-order valence-electron chi connectivity index (χ0n) is 20.1. The van der Waals surface area contributed by atoms with Crippen LogP contribution >= 0.6 is 11.6 Å². The first kappa shape index (κ1) is 26.0. The molecule has 1 aliphatic heterocycles. The topological polar surface area (TPSA) is 126 Å². The number of ether oxygens (including phenoxy) is 2. The Morgan fingerprint density at radius 1 is 1.28 bits per heavy atom. The van der Waals surface area contributed by atoms with Crippen molar-refractivity contribution in [2.75, 3.05) is 25.6 Å². The fourth-order valence-electron chi connectivity index (χ4n) is 4.66. The number of nitrogens with zero attached hydrogens (tertiary/aromatic N) is 3. The average Bonchev–Trinajstić information content (AvgIpc) is 3.61. The minimum absolute atomic E-state index is 0.0972. The molecule has 1 aliphatic carbocycles. The number of benzene rings is 1. The highest BCUT2D eigenvalue weighted by Gasteiger charge is 2.37. The van der Waals surface area contributed by atoms with Gasteiger partial charge in [-0.15, -0.1) is 0 Å². The first-order valence-corrected chi connectivity index (χ1v) is 12.4. The van der Waals surface area contributed by atoms with Crippen LogP contribution in [-0.2, 0) is 16.1 Å². The molecule has 2 atom stereocenters. The maximum Gasteiger partial charge on any atom is 0.251 e. The van der Waals surface area contributed by atoms with E-state index in [9.17, 15) is 14.7 Å². The molecule has 0 radical (unpaired) electrons. The van der Waals surface area contributed by atoms with Crippen molar-refractivity contribution in [3.8, 4) is 11.5 Å². The van der Waals surface area contributed by atoms with Crippen LogP contribution in [0.1, 0.15) is 32.1 Å². The summed E-state index contributed by atoms with van der Waals surface area (Å²) < 4.78 is 12.6. The second-order valence-electron chi connectivity index (χ2n) is 9.10. The van der Waals surface area contributed by atoms with Crippen LogP contribution in [0, 0.1) is 5.92 Å². The number of rotatable bonds is 11. The minimum Gasteiger partial charge on any atom is -0.495 e.